The summed E-state index contributed by atoms with van der Waals surface area (Å²) in [5, 5.41) is 2.44. The van der Waals surface area contributed by atoms with Gasteiger partial charge in [0.1, 0.15) is 23.2 Å². The van der Waals surface area contributed by atoms with E-state index in [1.54, 1.807) is 20.8 Å². The van der Waals surface area contributed by atoms with Gasteiger partial charge >= 0.3 is 6.09 Å². The average molecular weight is 327 g/mol. The van der Waals surface area contributed by atoms with Crippen LogP contribution in [0.2, 0.25) is 0 Å². The van der Waals surface area contributed by atoms with E-state index in [9.17, 15) is 14.0 Å². The molecule has 0 aliphatic heterocycles. The largest absolute Gasteiger partial charge is 0.496 e. The molecule has 1 amide bonds. The Balaban J connectivity index is 3.35. The van der Waals surface area contributed by atoms with Crippen LogP contribution >= 0.6 is 0 Å². The highest BCUT2D eigenvalue weighted by atomic mass is 19.1. The van der Waals surface area contributed by atoms with Crippen LogP contribution in [0.5, 0.6) is 11.5 Å². The van der Waals surface area contributed by atoms with E-state index in [4.69, 9.17) is 14.2 Å². The van der Waals surface area contributed by atoms with Gasteiger partial charge in [0.2, 0.25) is 0 Å². The van der Waals surface area contributed by atoms with E-state index < -0.39 is 23.1 Å². The first-order valence-corrected chi connectivity index (χ1v) is 6.96. The normalized spacial score (nSPS) is 13.7. The van der Waals surface area contributed by atoms with Crippen molar-refractivity contribution >= 4 is 12.4 Å². The van der Waals surface area contributed by atoms with Crippen molar-refractivity contribution in [2.24, 2.45) is 0 Å². The Morgan fingerprint density at radius 2 is 1.78 bits per heavy atom. The van der Waals surface area contributed by atoms with Crippen molar-refractivity contribution in [1.29, 1.82) is 0 Å². The van der Waals surface area contributed by atoms with E-state index in [0.29, 0.717) is 6.29 Å². The second kappa shape index (κ2) is 6.85. The maximum absolute atomic E-state index is 14.0. The number of carbonyl (C=O) groups excluding carboxylic acids is 2. The van der Waals surface area contributed by atoms with Gasteiger partial charge in [0.05, 0.1) is 19.8 Å². The highest BCUT2D eigenvalue weighted by Crippen LogP contribution is 2.38. The summed E-state index contributed by atoms with van der Waals surface area (Å²) in [5.74, 6) is -0.661. The molecule has 6 nitrogen and oxygen atoms in total. The fraction of sp³-hybridized carbons (Fsp3) is 0.500. The minimum Gasteiger partial charge on any atom is -0.496 e. The highest BCUT2D eigenvalue weighted by molar-refractivity contribution is 5.80. The third kappa shape index (κ3) is 4.34. The monoisotopic (exact) mass is 327 g/mol. The molecule has 1 rings (SSSR count). The number of nitrogens with one attached hydrogen (secondary N) is 1. The number of alkyl carbamates (subject to hydrolysis) is 1. The third-order valence-corrected chi connectivity index (χ3v) is 3.01. The van der Waals surface area contributed by atoms with Gasteiger partial charge in [-0.25, -0.2) is 9.18 Å². The highest BCUT2D eigenvalue weighted by Gasteiger charge is 2.37. The summed E-state index contributed by atoms with van der Waals surface area (Å²) < 4.78 is 29.4. The van der Waals surface area contributed by atoms with E-state index in [1.807, 2.05) is 0 Å². The number of amides is 1. The van der Waals surface area contributed by atoms with Gasteiger partial charge < -0.3 is 24.3 Å². The number of aldehydes is 1. The van der Waals surface area contributed by atoms with E-state index in [1.165, 1.54) is 27.2 Å². The predicted molar refractivity (Wildman–Crippen MR) is 82.3 cm³/mol. The minimum atomic E-state index is -1.60. The molecule has 0 saturated carbocycles. The number of carbonyl (C=O) groups is 2. The second-order valence-electron chi connectivity index (χ2n) is 6.10. The number of methoxy groups -OCH3 is 2. The number of hydrogen-bond donors (Lipinski definition) is 1. The number of halogens is 1. The molecule has 1 atom stereocenters. The molecule has 1 aromatic carbocycles. The van der Waals surface area contributed by atoms with Crippen LogP contribution in [0.3, 0.4) is 0 Å². The number of ether oxygens (including phenoxy) is 3. The SMILES string of the molecule is COc1ccc(F)c(OC)c1C(C)(C=O)NC(=O)OC(C)(C)C. The van der Waals surface area contributed by atoms with Gasteiger partial charge in [-0.15, -0.1) is 0 Å². The van der Waals surface area contributed by atoms with E-state index in [2.05, 4.69) is 5.32 Å². The molecule has 0 heterocycles. The molecule has 0 bridgehead atoms. The molecule has 128 valence electrons. The van der Waals surface area contributed by atoms with Crippen LogP contribution in [0.25, 0.3) is 0 Å². The van der Waals surface area contributed by atoms with Crippen molar-refractivity contribution in [3.05, 3.63) is 23.5 Å². The molecule has 0 radical (unpaired) electrons. The van der Waals surface area contributed by atoms with Crippen LogP contribution in [0.15, 0.2) is 12.1 Å². The van der Waals surface area contributed by atoms with Gasteiger partial charge in [-0.2, -0.15) is 0 Å². The van der Waals surface area contributed by atoms with Gasteiger partial charge in [0, 0.05) is 0 Å². The molecule has 0 fully saturated rings. The average Bonchev–Trinajstić information content (AvgIpc) is 2.44. The van der Waals surface area contributed by atoms with E-state index >= 15 is 0 Å². The molecule has 0 aliphatic rings. The Hall–Kier alpha value is -2.31. The summed E-state index contributed by atoms with van der Waals surface area (Å²) >= 11 is 0. The molecular weight excluding hydrogens is 305 g/mol. The minimum absolute atomic E-state index is 0.0726. The van der Waals surface area contributed by atoms with Crippen LogP contribution in [-0.2, 0) is 15.1 Å². The summed E-state index contributed by atoms with van der Waals surface area (Å²) in [6, 6.07) is 2.51. The van der Waals surface area contributed by atoms with Crippen LogP contribution in [0.4, 0.5) is 9.18 Å². The topological polar surface area (TPSA) is 73.9 Å². The van der Waals surface area contributed by atoms with Gasteiger partial charge in [-0.05, 0) is 39.8 Å². The van der Waals surface area contributed by atoms with Crippen LogP contribution in [0, 0.1) is 5.82 Å². The summed E-state index contributed by atoms with van der Waals surface area (Å²) in [7, 11) is 2.63. The van der Waals surface area contributed by atoms with Crippen molar-refractivity contribution in [1.82, 2.24) is 5.32 Å². The quantitative estimate of drug-likeness (QED) is 0.842. The van der Waals surface area contributed by atoms with Crippen molar-refractivity contribution in [2.75, 3.05) is 14.2 Å². The molecule has 1 N–H and O–H groups in total. The molecule has 1 unspecified atom stereocenters. The van der Waals surface area contributed by atoms with Crippen LogP contribution in [-0.4, -0.2) is 32.2 Å². The van der Waals surface area contributed by atoms with Crippen molar-refractivity contribution in [2.45, 2.75) is 38.8 Å². The zero-order valence-electron chi connectivity index (χ0n) is 14.2. The van der Waals surface area contributed by atoms with Crippen molar-refractivity contribution in [3.63, 3.8) is 0 Å². The lowest BCUT2D eigenvalue weighted by Crippen LogP contribution is -2.47. The molecule has 0 aromatic heterocycles. The standard InChI is InChI=1S/C16H22FNO5/c1-15(2,3)23-14(20)18-16(4,9-19)12-11(21-5)8-7-10(17)13(12)22-6/h7-9H,1-6H3,(H,18,20). The number of benzene rings is 1. The Labute approximate surface area is 134 Å². The first-order valence-electron chi connectivity index (χ1n) is 6.96. The Bertz CT molecular complexity index is 597. The third-order valence-electron chi connectivity index (χ3n) is 3.01. The maximum Gasteiger partial charge on any atom is 0.408 e. The molecule has 7 heteroatoms. The van der Waals surface area contributed by atoms with Gasteiger partial charge in [-0.1, -0.05) is 0 Å². The summed E-state index contributed by atoms with van der Waals surface area (Å²) in [6.45, 7) is 6.47. The summed E-state index contributed by atoms with van der Waals surface area (Å²) in [5.41, 5.74) is -2.27. The Morgan fingerprint density at radius 1 is 1.17 bits per heavy atom. The number of hydrogen-bond acceptors (Lipinski definition) is 5. The lowest BCUT2D eigenvalue weighted by atomic mass is 9.91. The fourth-order valence-electron chi connectivity index (χ4n) is 2.07. The summed E-state index contributed by atoms with van der Waals surface area (Å²) in [6.07, 6.45) is -0.350. The lowest BCUT2D eigenvalue weighted by Gasteiger charge is -2.30. The maximum atomic E-state index is 14.0. The molecule has 23 heavy (non-hydrogen) atoms. The van der Waals surface area contributed by atoms with E-state index in [0.717, 1.165) is 6.07 Å². The smallest absolute Gasteiger partial charge is 0.408 e. The lowest BCUT2D eigenvalue weighted by molar-refractivity contribution is -0.113. The number of rotatable bonds is 5. The van der Waals surface area contributed by atoms with Gasteiger partial charge in [0.15, 0.2) is 11.6 Å². The Kier molecular flexibility index (Phi) is 5.58. The van der Waals surface area contributed by atoms with Crippen molar-refractivity contribution in [3.8, 4) is 11.5 Å². The van der Waals surface area contributed by atoms with Gasteiger partial charge in [-0.3, -0.25) is 0 Å². The molecule has 0 saturated heterocycles. The first kappa shape index (κ1) is 18.7. The first-order chi connectivity index (χ1) is 10.6. The summed E-state index contributed by atoms with van der Waals surface area (Å²) in [4.78, 5) is 23.7. The predicted octanol–water partition coefficient (Wildman–Crippen LogP) is 2.78. The zero-order valence-corrected chi connectivity index (χ0v) is 14.2. The molecular formula is C16H22FNO5. The molecule has 0 aliphatic carbocycles. The van der Waals surface area contributed by atoms with E-state index in [-0.39, 0.29) is 17.1 Å². The fourth-order valence-corrected chi connectivity index (χ4v) is 2.07. The van der Waals surface area contributed by atoms with Crippen LogP contribution < -0.4 is 14.8 Å². The Morgan fingerprint density at radius 3 is 2.22 bits per heavy atom. The van der Waals surface area contributed by atoms with Crippen LogP contribution in [0.1, 0.15) is 33.3 Å². The second-order valence-corrected chi connectivity index (χ2v) is 6.10. The molecule has 0 spiro atoms. The molecule has 1 aromatic rings. The van der Waals surface area contributed by atoms with Gasteiger partial charge in [0.25, 0.3) is 0 Å². The zero-order chi connectivity index (χ0) is 17.8. The van der Waals surface area contributed by atoms with Crippen molar-refractivity contribution < 1.29 is 28.2 Å².